The highest BCUT2D eigenvalue weighted by molar-refractivity contribution is 5.63. The van der Waals surface area contributed by atoms with E-state index in [-0.39, 0.29) is 12.0 Å². The molecule has 2 aromatic rings. The average Bonchev–Trinajstić information content (AvgIpc) is 3.20. The summed E-state index contributed by atoms with van der Waals surface area (Å²) in [7, 11) is 1.83. The lowest BCUT2D eigenvalue weighted by Crippen LogP contribution is -2.29. The minimum atomic E-state index is -0.107. The Balaban J connectivity index is 1.89. The number of nitrogens with one attached hydrogen (secondary N) is 1. The van der Waals surface area contributed by atoms with Gasteiger partial charge in [0.25, 0.3) is 0 Å². The summed E-state index contributed by atoms with van der Waals surface area (Å²) in [5, 5.41) is 11.4. The molecule has 29 heavy (non-hydrogen) atoms. The Morgan fingerprint density at radius 3 is 2.97 bits per heavy atom. The SMILES string of the molecule is C=c1cc[nH]c1=CC=C(C)c1nc(C2C=C(C#N)CC(OC(C)C)=CC2)o[n+]1C. The number of hydrogen-bond acceptors (Lipinski definition) is 4. The van der Waals surface area contributed by atoms with E-state index in [9.17, 15) is 5.26 Å². The van der Waals surface area contributed by atoms with Crippen molar-refractivity contribution in [2.24, 2.45) is 7.05 Å². The quantitative estimate of drug-likeness (QED) is 0.795. The van der Waals surface area contributed by atoms with Crippen molar-refractivity contribution in [3.63, 3.8) is 0 Å². The van der Waals surface area contributed by atoms with Gasteiger partial charge in [0.1, 0.15) is 7.05 Å². The molecule has 1 aliphatic carbocycles. The van der Waals surface area contributed by atoms with Gasteiger partial charge in [-0.3, -0.25) is 4.52 Å². The summed E-state index contributed by atoms with van der Waals surface area (Å²) < 4.78 is 13.4. The molecule has 150 valence electrons. The number of aromatic nitrogens is 3. The van der Waals surface area contributed by atoms with Gasteiger partial charge in [-0.05, 0) is 56.7 Å². The molecule has 0 saturated carbocycles. The highest BCUT2D eigenvalue weighted by Gasteiger charge is 2.29. The van der Waals surface area contributed by atoms with E-state index in [2.05, 4.69) is 17.6 Å². The summed E-state index contributed by atoms with van der Waals surface area (Å²) in [6, 6.07) is 4.20. The van der Waals surface area contributed by atoms with Gasteiger partial charge in [-0.1, -0.05) is 17.4 Å². The van der Waals surface area contributed by atoms with E-state index in [4.69, 9.17) is 14.2 Å². The van der Waals surface area contributed by atoms with Gasteiger partial charge in [0.15, 0.2) is 0 Å². The molecule has 6 nitrogen and oxygen atoms in total. The zero-order valence-corrected chi connectivity index (χ0v) is 17.4. The van der Waals surface area contributed by atoms with Crippen molar-refractivity contribution < 1.29 is 14.0 Å². The third-order valence-electron chi connectivity index (χ3n) is 4.68. The predicted octanol–water partition coefficient (Wildman–Crippen LogP) is 2.76. The summed E-state index contributed by atoms with van der Waals surface area (Å²) >= 11 is 0. The van der Waals surface area contributed by atoms with Gasteiger partial charge < -0.3 is 9.72 Å². The Hall–Kier alpha value is -3.33. The van der Waals surface area contributed by atoms with Gasteiger partial charge in [0, 0.05) is 34.1 Å². The van der Waals surface area contributed by atoms with E-state index in [1.54, 1.807) is 4.74 Å². The highest BCUT2D eigenvalue weighted by Crippen LogP contribution is 2.29. The third kappa shape index (κ3) is 4.94. The van der Waals surface area contributed by atoms with Crippen molar-refractivity contribution in [2.75, 3.05) is 0 Å². The van der Waals surface area contributed by atoms with Crippen LogP contribution in [0.5, 0.6) is 0 Å². The first-order valence-corrected chi connectivity index (χ1v) is 9.72. The second kappa shape index (κ2) is 8.78. The summed E-state index contributed by atoms with van der Waals surface area (Å²) in [4.78, 5) is 7.86. The Bertz CT molecular complexity index is 1120. The van der Waals surface area contributed by atoms with Crippen LogP contribution < -0.4 is 15.3 Å². The fraction of sp³-hybridized carbons (Fsp3) is 0.348. The van der Waals surface area contributed by atoms with Crippen molar-refractivity contribution in [1.29, 1.82) is 5.26 Å². The van der Waals surface area contributed by atoms with Gasteiger partial charge in [-0.2, -0.15) is 5.26 Å². The maximum absolute atomic E-state index is 9.48. The molecule has 6 heteroatoms. The minimum Gasteiger partial charge on any atom is -0.495 e. The summed E-state index contributed by atoms with van der Waals surface area (Å²) in [6.07, 6.45) is 11.0. The number of rotatable bonds is 5. The standard InChI is InChI=1S/C23H26N4O2/c1-15(2)28-20-8-7-19(12-18(13-20)14-24)23-26-22(27(5)29-23)17(4)6-9-21-16(3)10-11-25-21/h6,8-12,15,19H,3,7,13H2,1-2,4-5H3/p+1. The van der Waals surface area contributed by atoms with Crippen LogP contribution in [0, 0.1) is 11.3 Å². The van der Waals surface area contributed by atoms with Gasteiger partial charge >= 0.3 is 11.7 Å². The fourth-order valence-electron chi connectivity index (χ4n) is 3.25. The number of aromatic amines is 1. The van der Waals surface area contributed by atoms with Crippen LogP contribution in [-0.4, -0.2) is 16.1 Å². The Morgan fingerprint density at radius 1 is 1.52 bits per heavy atom. The van der Waals surface area contributed by atoms with Crippen LogP contribution in [0.25, 0.3) is 18.2 Å². The molecule has 0 radical (unpaired) electrons. The topological polar surface area (TPSA) is 78.7 Å². The normalized spacial score (nSPS) is 18.3. The van der Waals surface area contributed by atoms with E-state index in [0.29, 0.717) is 24.3 Å². The molecule has 0 saturated heterocycles. The lowest BCUT2D eigenvalue weighted by Gasteiger charge is -2.12. The zero-order chi connectivity index (χ0) is 21.0. The molecule has 1 unspecified atom stereocenters. The Kier molecular flexibility index (Phi) is 6.18. The van der Waals surface area contributed by atoms with E-state index in [1.807, 2.05) is 64.4 Å². The molecule has 2 aromatic heterocycles. The maximum atomic E-state index is 9.48. The molecule has 1 N–H and O–H groups in total. The van der Waals surface area contributed by atoms with E-state index < -0.39 is 0 Å². The number of nitrogens with zero attached hydrogens (tertiary/aromatic N) is 3. The molecule has 2 heterocycles. The fourth-order valence-corrected chi connectivity index (χ4v) is 3.25. The van der Waals surface area contributed by atoms with E-state index in [1.165, 1.54) is 0 Å². The minimum absolute atomic E-state index is 0.0754. The van der Waals surface area contributed by atoms with Crippen LogP contribution in [0.3, 0.4) is 0 Å². The third-order valence-corrected chi connectivity index (χ3v) is 4.68. The highest BCUT2D eigenvalue weighted by atomic mass is 16.5. The molecule has 0 fully saturated rings. The molecule has 0 bridgehead atoms. The number of allylic oxidation sites excluding steroid dienone is 5. The summed E-state index contributed by atoms with van der Waals surface area (Å²) in [5.41, 5.74) is 1.63. The summed E-state index contributed by atoms with van der Waals surface area (Å²) in [5.74, 6) is 2.05. The molecular formula is C23H27N4O2+. The molecule has 1 atom stereocenters. The first kappa shape index (κ1) is 20.4. The van der Waals surface area contributed by atoms with Crippen LogP contribution in [0.4, 0.5) is 0 Å². The van der Waals surface area contributed by atoms with Crippen molar-refractivity contribution in [2.45, 2.75) is 45.6 Å². The molecule has 0 spiro atoms. The Morgan fingerprint density at radius 2 is 2.31 bits per heavy atom. The van der Waals surface area contributed by atoms with Crippen LogP contribution in [0.15, 0.2) is 46.3 Å². The lowest BCUT2D eigenvalue weighted by atomic mass is 10.0. The molecule has 0 amide bonds. The second-order valence-electron chi connectivity index (χ2n) is 7.46. The number of ether oxygens (including phenoxy) is 1. The monoisotopic (exact) mass is 391 g/mol. The smallest absolute Gasteiger partial charge is 0.364 e. The van der Waals surface area contributed by atoms with Gasteiger partial charge in [-0.25, -0.2) is 0 Å². The molecule has 3 rings (SSSR count). The van der Waals surface area contributed by atoms with Crippen molar-refractivity contribution in [3.8, 4) is 6.07 Å². The number of nitriles is 1. The van der Waals surface area contributed by atoms with E-state index in [0.717, 1.165) is 27.7 Å². The van der Waals surface area contributed by atoms with Crippen molar-refractivity contribution in [3.05, 3.63) is 64.1 Å². The van der Waals surface area contributed by atoms with Crippen molar-refractivity contribution >= 4 is 18.2 Å². The van der Waals surface area contributed by atoms with Crippen LogP contribution in [0.2, 0.25) is 0 Å². The lowest BCUT2D eigenvalue weighted by molar-refractivity contribution is -0.848. The van der Waals surface area contributed by atoms with Gasteiger partial charge in [-0.15, -0.1) is 0 Å². The predicted molar refractivity (Wildman–Crippen MR) is 111 cm³/mol. The van der Waals surface area contributed by atoms with E-state index >= 15 is 0 Å². The Labute approximate surface area is 170 Å². The van der Waals surface area contributed by atoms with Gasteiger partial charge in [0.2, 0.25) is 0 Å². The summed E-state index contributed by atoms with van der Waals surface area (Å²) in [6.45, 7) is 9.94. The van der Waals surface area contributed by atoms with Gasteiger partial charge in [0.05, 0.1) is 23.9 Å². The van der Waals surface area contributed by atoms with Crippen LogP contribution in [-0.2, 0) is 11.8 Å². The molecule has 1 aliphatic rings. The largest absolute Gasteiger partial charge is 0.495 e. The molecule has 0 aromatic carbocycles. The first-order chi connectivity index (χ1) is 13.9. The van der Waals surface area contributed by atoms with Crippen molar-refractivity contribution in [1.82, 2.24) is 9.97 Å². The molecular weight excluding hydrogens is 364 g/mol. The average molecular weight is 391 g/mol. The van der Waals surface area contributed by atoms with Crippen LogP contribution >= 0.6 is 0 Å². The molecule has 0 aliphatic heterocycles. The van der Waals surface area contributed by atoms with Crippen LogP contribution in [0.1, 0.15) is 51.2 Å². The zero-order valence-electron chi connectivity index (χ0n) is 17.4. The first-order valence-electron chi connectivity index (χ1n) is 9.72. The second-order valence-corrected chi connectivity index (χ2v) is 7.46. The maximum Gasteiger partial charge on any atom is 0.364 e. The number of aryl methyl sites for hydroxylation is 1. The number of hydrogen-bond donors (Lipinski definition) is 1. The number of H-pyrrole nitrogens is 1.